The van der Waals surface area contributed by atoms with Crippen molar-refractivity contribution in [1.29, 1.82) is 0 Å². The van der Waals surface area contributed by atoms with Crippen LogP contribution in [0.5, 0.6) is 0 Å². The number of halogens is 2. The Bertz CT molecular complexity index is 411. The summed E-state index contributed by atoms with van der Waals surface area (Å²) in [7, 11) is 0. The number of hydrogen-bond donors (Lipinski definition) is 1. The monoisotopic (exact) mass is 240 g/mol. The van der Waals surface area contributed by atoms with Crippen molar-refractivity contribution in [3.05, 3.63) is 36.5 Å². The fraction of sp³-hybridized carbons (Fsp3) is 0.333. The zero-order chi connectivity index (χ0) is 12.8. The maximum atomic E-state index is 12.9. The molecule has 0 aliphatic heterocycles. The Kier molecular flexibility index (Phi) is 4.75. The largest absolute Gasteiger partial charge is 0.302 e. The van der Waals surface area contributed by atoms with Crippen LogP contribution >= 0.6 is 0 Å². The Hall–Kier alpha value is -1.78. The molecule has 0 saturated heterocycles. The van der Waals surface area contributed by atoms with Gasteiger partial charge in [0.05, 0.1) is 6.04 Å². The fourth-order valence-corrected chi connectivity index (χ4v) is 1.33. The first-order valence-corrected chi connectivity index (χ1v) is 5.29. The van der Waals surface area contributed by atoms with Crippen LogP contribution in [0.25, 0.3) is 0 Å². The lowest BCUT2D eigenvalue weighted by atomic mass is 10.1. The van der Waals surface area contributed by atoms with E-state index in [0.29, 0.717) is 12.1 Å². The third kappa shape index (κ3) is 3.62. The van der Waals surface area contributed by atoms with Crippen LogP contribution in [0, 0.1) is 0 Å². The number of nitrogens with zero attached hydrogens (tertiary/aromatic N) is 1. The van der Waals surface area contributed by atoms with Crippen molar-refractivity contribution < 1.29 is 13.6 Å². The summed E-state index contributed by atoms with van der Waals surface area (Å²) in [4.78, 5) is 11.3. The molecular weight excluding hydrogens is 226 g/mol. The SMILES string of the molecule is C=CC(=O)/C(CC)=N\NC1C=CC(F)=C(F)C1. The predicted octanol–water partition coefficient (Wildman–Crippen LogP) is 2.58. The van der Waals surface area contributed by atoms with Gasteiger partial charge in [-0.25, -0.2) is 8.78 Å². The number of ketones is 1. The molecule has 0 heterocycles. The van der Waals surface area contributed by atoms with Crippen LogP contribution in [0.2, 0.25) is 0 Å². The quantitative estimate of drug-likeness (QED) is 0.456. The van der Waals surface area contributed by atoms with Crippen molar-refractivity contribution in [1.82, 2.24) is 5.43 Å². The number of nitrogens with one attached hydrogen (secondary N) is 1. The first-order chi connectivity index (χ1) is 8.08. The van der Waals surface area contributed by atoms with Gasteiger partial charge in [-0.3, -0.25) is 4.79 Å². The molecule has 17 heavy (non-hydrogen) atoms. The summed E-state index contributed by atoms with van der Waals surface area (Å²) in [5, 5.41) is 3.88. The smallest absolute Gasteiger partial charge is 0.201 e. The molecule has 0 radical (unpaired) electrons. The minimum Gasteiger partial charge on any atom is -0.302 e. The van der Waals surface area contributed by atoms with Crippen molar-refractivity contribution in [2.24, 2.45) is 5.10 Å². The number of carbonyl (C=O) groups excluding carboxylic acids is 1. The van der Waals surface area contributed by atoms with Gasteiger partial charge < -0.3 is 5.43 Å². The summed E-state index contributed by atoms with van der Waals surface area (Å²) in [6.45, 7) is 5.13. The molecule has 0 amide bonds. The van der Waals surface area contributed by atoms with Gasteiger partial charge in [0.15, 0.2) is 5.83 Å². The van der Waals surface area contributed by atoms with Gasteiger partial charge in [0, 0.05) is 6.42 Å². The molecule has 1 aliphatic carbocycles. The van der Waals surface area contributed by atoms with Gasteiger partial charge in [0.25, 0.3) is 0 Å². The Balaban J connectivity index is 2.63. The van der Waals surface area contributed by atoms with E-state index in [9.17, 15) is 13.6 Å². The summed E-state index contributed by atoms with van der Waals surface area (Å²) < 4.78 is 25.6. The molecule has 1 rings (SSSR count). The average Bonchev–Trinajstić information content (AvgIpc) is 2.33. The highest BCUT2D eigenvalue weighted by atomic mass is 19.2. The summed E-state index contributed by atoms with van der Waals surface area (Å²) in [5.74, 6) is -1.94. The highest BCUT2D eigenvalue weighted by molar-refractivity contribution is 6.43. The Morgan fingerprint density at radius 3 is 2.94 bits per heavy atom. The van der Waals surface area contributed by atoms with E-state index in [2.05, 4.69) is 17.1 Å². The number of hydrazone groups is 1. The van der Waals surface area contributed by atoms with Crippen LogP contribution in [-0.2, 0) is 4.79 Å². The topological polar surface area (TPSA) is 41.5 Å². The van der Waals surface area contributed by atoms with E-state index in [4.69, 9.17) is 0 Å². The Morgan fingerprint density at radius 1 is 1.71 bits per heavy atom. The molecule has 0 fully saturated rings. The molecule has 0 aromatic rings. The van der Waals surface area contributed by atoms with E-state index in [0.717, 1.165) is 6.08 Å². The molecule has 92 valence electrons. The van der Waals surface area contributed by atoms with Gasteiger partial charge in [0.1, 0.15) is 11.5 Å². The summed E-state index contributed by atoms with van der Waals surface area (Å²) in [6, 6.07) is -0.436. The molecule has 1 unspecified atom stereocenters. The number of rotatable bonds is 5. The standard InChI is InChI=1S/C12H14F2N2O/c1-3-11(12(17)4-2)16-15-8-5-6-9(13)10(14)7-8/h4-6,8,15H,2-3,7H2,1H3/b16-11-. The Labute approximate surface area is 98.6 Å². The first-order valence-electron chi connectivity index (χ1n) is 5.29. The summed E-state index contributed by atoms with van der Waals surface area (Å²) in [5.41, 5.74) is 2.94. The lowest BCUT2D eigenvalue weighted by Crippen LogP contribution is -2.26. The third-order valence-corrected chi connectivity index (χ3v) is 2.30. The van der Waals surface area contributed by atoms with Gasteiger partial charge in [0.2, 0.25) is 5.78 Å². The maximum Gasteiger partial charge on any atom is 0.201 e. The van der Waals surface area contributed by atoms with Crippen LogP contribution in [0.15, 0.2) is 41.6 Å². The van der Waals surface area contributed by atoms with Gasteiger partial charge in [-0.05, 0) is 18.6 Å². The molecule has 5 heteroatoms. The summed E-state index contributed by atoms with van der Waals surface area (Å²) >= 11 is 0. The van der Waals surface area contributed by atoms with Crippen molar-refractivity contribution in [3.8, 4) is 0 Å². The second-order valence-corrected chi connectivity index (χ2v) is 3.53. The second-order valence-electron chi connectivity index (χ2n) is 3.53. The van der Waals surface area contributed by atoms with Crippen LogP contribution in [0.3, 0.4) is 0 Å². The van der Waals surface area contributed by atoms with Gasteiger partial charge in [-0.15, -0.1) is 0 Å². The molecular formula is C12H14F2N2O. The predicted molar refractivity (Wildman–Crippen MR) is 62.9 cm³/mol. The number of hydrogen-bond acceptors (Lipinski definition) is 3. The van der Waals surface area contributed by atoms with E-state index in [1.54, 1.807) is 6.92 Å². The zero-order valence-electron chi connectivity index (χ0n) is 9.54. The minimum atomic E-state index is -0.857. The zero-order valence-corrected chi connectivity index (χ0v) is 9.54. The normalized spacial score (nSPS) is 20.4. The highest BCUT2D eigenvalue weighted by Crippen LogP contribution is 2.21. The molecule has 0 bridgehead atoms. The van der Waals surface area contributed by atoms with Crippen LogP contribution < -0.4 is 5.43 Å². The van der Waals surface area contributed by atoms with Crippen molar-refractivity contribution in [3.63, 3.8) is 0 Å². The first kappa shape index (κ1) is 13.3. The van der Waals surface area contributed by atoms with Gasteiger partial charge >= 0.3 is 0 Å². The van der Waals surface area contributed by atoms with Gasteiger partial charge in [-0.1, -0.05) is 19.6 Å². The molecule has 1 N–H and O–H groups in total. The molecule has 3 nitrogen and oxygen atoms in total. The van der Waals surface area contributed by atoms with Crippen molar-refractivity contribution in [2.45, 2.75) is 25.8 Å². The summed E-state index contributed by atoms with van der Waals surface area (Å²) in [6.07, 6.45) is 4.02. The molecule has 0 saturated carbocycles. The number of allylic oxidation sites excluding steroid dienone is 3. The van der Waals surface area contributed by atoms with E-state index in [1.807, 2.05) is 0 Å². The van der Waals surface area contributed by atoms with Crippen molar-refractivity contribution in [2.75, 3.05) is 0 Å². The number of carbonyl (C=O) groups is 1. The average molecular weight is 240 g/mol. The Morgan fingerprint density at radius 2 is 2.41 bits per heavy atom. The minimum absolute atomic E-state index is 0.106. The molecule has 0 aromatic carbocycles. The molecule has 1 atom stereocenters. The second kappa shape index (κ2) is 6.08. The molecule has 0 spiro atoms. The van der Waals surface area contributed by atoms with E-state index in [1.165, 1.54) is 12.2 Å². The molecule has 1 aliphatic rings. The van der Waals surface area contributed by atoms with E-state index >= 15 is 0 Å². The lowest BCUT2D eigenvalue weighted by Gasteiger charge is -2.15. The van der Waals surface area contributed by atoms with Gasteiger partial charge in [-0.2, -0.15) is 5.10 Å². The van der Waals surface area contributed by atoms with E-state index in [-0.39, 0.29) is 12.2 Å². The lowest BCUT2D eigenvalue weighted by molar-refractivity contribution is -0.109. The maximum absolute atomic E-state index is 12.9. The molecule has 0 aromatic heterocycles. The van der Waals surface area contributed by atoms with Crippen LogP contribution in [-0.4, -0.2) is 17.5 Å². The fourth-order valence-electron chi connectivity index (χ4n) is 1.33. The van der Waals surface area contributed by atoms with Crippen LogP contribution in [0.1, 0.15) is 19.8 Å². The van der Waals surface area contributed by atoms with E-state index < -0.39 is 17.7 Å². The highest BCUT2D eigenvalue weighted by Gasteiger charge is 2.16. The van der Waals surface area contributed by atoms with Crippen LogP contribution in [0.4, 0.5) is 8.78 Å². The third-order valence-electron chi connectivity index (χ3n) is 2.30. The van der Waals surface area contributed by atoms with Crippen molar-refractivity contribution >= 4 is 11.5 Å².